The lowest BCUT2D eigenvalue weighted by Gasteiger charge is -2.39. The number of hydrogen-bond acceptors (Lipinski definition) is 5. The molecule has 0 unspecified atom stereocenters. The minimum Gasteiger partial charge on any atom is -0.465 e. The SMILES string of the molecule is CCN1[C@H]2Cn3c(nc4cc(C(=O)OC)c(C)cc43)[C@H]2[C@H](c2cccc(Cl)c2F)[C@]12C(=O)Nc1cc(Cl)ccc12. The standard InChI is InChI=1S/C30H25Cl2FN4O3/c1-4-37-23-13-36-22-10-14(2)17(28(38)40-3)12-21(22)34-27(36)24(23)25(16-6-5-7-19(32)26(16)33)30(37)18-9-8-15(31)11-20(18)35-29(30)39/h5-12,23-25H,4,13H2,1-3H3,(H,35,39)/t23-,24+,25-,30+/m0/s1. The first-order valence-electron chi connectivity index (χ1n) is 13.1. The van der Waals surface area contributed by atoms with Crippen molar-refractivity contribution in [3.8, 4) is 0 Å². The van der Waals surface area contributed by atoms with Gasteiger partial charge in [0.2, 0.25) is 5.91 Å². The molecule has 1 spiro atoms. The average Bonchev–Trinajstić information content (AvgIpc) is 3.62. The molecule has 204 valence electrons. The van der Waals surface area contributed by atoms with E-state index < -0.39 is 23.2 Å². The van der Waals surface area contributed by atoms with Crippen molar-refractivity contribution < 1.29 is 18.7 Å². The zero-order valence-electron chi connectivity index (χ0n) is 22.0. The number of halogens is 3. The van der Waals surface area contributed by atoms with Gasteiger partial charge in [-0.1, -0.05) is 48.3 Å². The zero-order chi connectivity index (χ0) is 28.1. The minimum atomic E-state index is -1.20. The highest BCUT2D eigenvalue weighted by atomic mass is 35.5. The maximum absolute atomic E-state index is 16.0. The second kappa shape index (κ2) is 8.77. The van der Waals surface area contributed by atoms with Crippen LogP contribution in [-0.4, -0.2) is 46.0 Å². The zero-order valence-corrected chi connectivity index (χ0v) is 23.5. The number of benzene rings is 3. The van der Waals surface area contributed by atoms with Crippen LogP contribution in [0.15, 0.2) is 48.5 Å². The summed E-state index contributed by atoms with van der Waals surface area (Å²) in [6, 6.07) is 13.9. The Balaban J connectivity index is 1.52. The molecule has 4 atom stereocenters. The molecule has 4 heterocycles. The predicted molar refractivity (Wildman–Crippen MR) is 151 cm³/mol. The van der Waals surface area contributed by atoms with E-state index in [1.807, 2.05) is 26.0 Å². The van der Waals surface area contributed by atoms with Crippen molar-refractivity contribution in [2.45, 2.75) is 43.8 Å². The number of methoxy groups -OCH3 is 1. The lowest BCUT2D eigenvalue weighted by atomic mass is 9.71. The topological polar surface area (TPSA) is 76.5 Å². The molecule has 0 bridgehead atoms. The van der Waals surface area contributed by atoms with Crippen molar-refractivity contribution in [3.05, 3.63) is 92.5 Å². The van der Waals surface area contributed by atoms with Crippen molar-refractivity contribution in [1.82, 2.24) is 14.5 Å². The van der Waals surface area contributed by atoms with Gasteiger partial charge in [-0.05, 0) is 54.9 Å². The summed E-state index contributed by atoms with van der Waals surface area (Å²) in [5.41, 5.74) is 3.30. The molecule has 1 aromatic heterocycles. The van der Waals surface area contributed by atoms with Gasteiger partial charge in [0, 0.05) is 40.7 Å². The number of imidazole rings is 1. The van der Waals surface area contributed by atoms with Crippen LogP contribution >= 0.6 is 23.2 Å². The summed E-state index contributed by atoms with van der Waals surface area (Å²) in [5, 5.41) is 3.54. The molecule has 40 heavy (non-hydrogen) atoms. The Kier molecular flexibility index (Phi) is 5.59. The fourth-order valence-electron chi connectivity index (χ4n) is 7.46. The number of carbonyl (C=O) groups is 2. The van der Waals surface area contributed by atoms with Crippen LogP contribution in [0.4, 0.5) is 10.1 Å². The summed E-state index contributed by atoms with van der Waals surface area (Å²) in [5.74, 6) is -1.43. The molecule has 10 heteroatoms. The van der Waals surface area contributed by atoms with Gasteiger partial charge in [0.05, 0.1) is 28.7 Å². The van der Waals surface area contributed by atoms with Crippen molar-refractivity contribution in [3.63, 3.8) is 0 Å². The molecule has 7 nitrogen and oxygen atoms in total. The summed E-state index contributed by atoms with van der Waals surface area (Å²) >= 11 is 12.6. The van der Waals surface area contributed by atoms with Gasteiger partial charge in [-0.25, -0.2) is 14.2 Å². The van der Waals surface area contributed by atoms with Gasteiger partial charge in [0.1, 0.15) is 17.2 Å². The summed E-state index contributed by atoms with van der Waals surface area (Å²) in [4.78, 5) is 33.8. The molecule has 1 fully saturated rings. The number of carbonyl (C=O) groups excluding carboxylic acids is 2. The number of ether oxygens (including phenoxy) is 1. The van der Waals surface area contributed by atoms with Crippen LogP contribution in [0, 0.1) is 12.7 Å². The molecule has 1 N–H and O–H groups in total. The quantitative estimate of drug-likeness (QED) is 0.301. The van der Waals surface area contributed by atoms with Crippen LogP contribution in [-0.2, 0) is 21.6 Å². The number of aromatic nitrogens is 2. The van der Waals surface area contributed by atoms with Gasteiger partial charge in [-0.2, -0.15) is 0 Å². The fourth-order valence-corrected chi connectivity index (χ4v) is 7.81. The van der Waals surface area contributed by atoms with Gasteiger partial charge >= 0.3 is 5.97 Å². The Morgan fingerprint density at radius 2 is 2.02 bits per heavy atom. The third-order valence-electron chi connectivity index (χ3n) is 8.92. The van der Waals surface area contributed by atoms with E-state index in [2.05, 4.69) is 14.8 Å². The first-order chi connectivity index (χ1) is 19.2. The van der Waals surface area contributed by atoms with Crippen molar-refractivity contribution >= 4 is 51.8 Å². The maximum Gasteiger partial charge on any atom is 0.338 e. The van der Waals surface area contributed by atoms with Crippen LogP contribution in [0.5, 0.6) is 0 Å². The second-order valence-electron chi connectivity index (χ2n) is 10.6. The molecule has 1 saturated heterocycles. The number of rotatable bonds is 3. The van der Waals surface area contributed by atoms with E-state index in [-0.39, 0.29) is 22.9 Å². The number of nitrogens with one attached hydrogen (secondary N) is 1. The van der Waals surface area contributed by atoms with E-state index in [0.717, 1.165) is 22.5 Å². The number of fused-ring (bicyclic) bond motifs is 7. The number of amides is 1. The number of likely N-dealkylation sites (tertiary alicyclic amines) is 1. The Bertz CT molecular complexity index is 1770. The smallest absolute Gasteiger partial charge is 0.338 e. The fraction of sp³-hybridized carbons (Fsp3) is 0.300. The largest absolute Gasteiger partial charge is 0.465 e. The molecule has 1 amide bonds. The highest BCUT2D eigenvalue weighted by Crippen LogP contribution is 2.64. The predicted octanol–water partition coefficient (Wildman–Crippen LogP) is 6.01. The van der Waals surface area contributed by atoms with Crippen molar-refractivity contribution in [1.29, 1.82) is 0 Å². The average molecular weight is 579 g/mol. The lowest BCUT2D eigenvalue weighted by molar-refractivity contribution is -0.127. The number of nitrogens with zero attached hydrogens (tertiary/aromatic N) is 3. The number of esters is 1. The first kappa shape index (κ1) is 25.5. The van der Waals surface area contributed by atoms with Crippen LogP contribution in [0.2, 0.25) is 10.0 Å². The number of anilines is 1. The van der Waals surface area contributed by atoms with Crippen LogP contribution < -0.4 is 5.32 Å². The Hall–Kier alpha value is -3.46. The molecule has 3 aromatic carbocycles. The number of aryl methyl sites for hydroxylation is 1. The molecule has 7 rings (SSSR count). The highest BCUT2D eigenvalue weighted by Gasteiger charge is 2.69. The molecule has 0 saturated carbocycles. The van der Waals surface area contributed by atoms with Crippen molar-refractivity contribution in [2.75, 3.05) is 19.0 Å². The Morgan fingerprint density at radius 1 is 1.23 bits per heavy atom. The highest BCUT2D eigenvalue weighted by molar-refractivity contribution is 6.31. The summed E-state index contributed by atoms with van der Waals surface area (Å²) < 4.78 is 23.1. The van der Waals surface area contributed by atoms with E-state index in [9.17, 15) is 9.59 Å². The third-order valence-corrected chi connectivity index (χ3v) is 9.44. The normalized spacial score (nSPS) is 24.9. The van der Waals surface area contributed by atoms with Crippen LogP contribution in [0.1, 0.15) is 51.6 Å². The monoisotopic (exact) mass is 578 g/mol. The van der Waals surface area contributed by atoms with Gasteiger partial charge in [-0.15, -0.1) is 0 Å². The summed E-state index contributed by atoms with van der Waals surface area (Å²) in [7, 11) is 1.35. The van der Waals surface area contributed by atoms with Crippen molar-refractivity contribution in [2.24, 2.45) is 0 Å². The second-order valence-corrected chi connectivity index (χ2v) is 11.5. The molecule has 0 aliphatic carbocycles. The van der Waals surface area contributed by atoms with Gasteiger partial charge in [-0.3, -0.25) is 9.69 Å². The Morgan fingerprint density at radius 3 is 2.77 bits per heavy atom. The van der Waals surface area contributed by atoms with E-state index in [1.54, 1.807) is 30.3 Å². The van der Waals surface area contributed by atoms with Gasteiger partial charge < -0.3 is 14.6 Å². The molecular formula is C30H25Cl2FN4O3. The van der Waals surface area contributed by atoms with E-state index >= 15 is 4.39 Å². The maximum atomic E-state index is 16.0. The van der Waals surface area contributed by atoms with Gasteiger partial charge in [0.15, 0.2) is 0 Å². The molecule has 3 aliphatic rings. The van der Waals surface area contributed by atoms with Crippen LogP contribution in [0.3, 0.4) is 0 Å². The molecule has 3 aliphatic heterocycles. The van der Waals surface area contributed by atoms with E-state index in [4.69, 9.17) is 32.9 Å². The Labute approximate surface area is 239 Å². The number of likely N-dealkylation sites (N-methyl/N-ethyl adjacent to an activating group) is 1. The summed E-state index contributed by atoms with van der Waals surface area (Å²) in [6.45, 7) is 4.98. The first-order valence-corrected chi connectivity index (χ1v) is 13.9. The molecule has 4 aromatic rings. The third kappa shape index (κ3) is 3.12. The molecular weight excluding hydrogens is 554 g/mol. The minimum absolute atomic E-state index is 0.00118. The van der Waals surface area contributed by atoms with E-state index in [0.29, 0.717) is 40.4 Å². The van der Waals surface area contributed by atoms with Crippen LogP contribution in [0.25, 0.3) is 11.0 Å². The number of hydrogen-bond donors (Lipinski definition) is 1. The van der Waals surface area contributed by atoms with E-state index in [1.165, 1.54) is 13.2 Å². The summed E-state index contributed by atoms with van der Waals surface area (Å²) in [6.07, 6.45) is 0. The lowest BCUT2D eigenvalue weighted by Crippen LogP contribution is -2.52. The molecule has 0 radical (unpaired) electrons. The van der Waals surface area contributed by atoms with Gasteiger partial charge in [0.25, 0.3) is 0 Å².